The monoisotopic (exact) mass is 431 g/mol. The van der Waals surface area contributed by atoms with Gasteiger partial charge in [0.1, 0.15) is 5.75 Å². The van der Waals surface area contributed by atoms with Crippen LogP contribution in [0.1, 0.15) is 73.0 Å². The third kappa shape index (κ3) is 3.42. The topological polar surface area (TPSA) is 73.4 Å². The number of methoxy groups -OCH3 is 1. The van der Waals surface area contributed by atoms with Gasteiger partial charge in [0, 0.05) is 28.8 Å². The Morgan fingerprint density at radius 3 is 2.75 bits per heavy atom. The first-order valence-electron chi connectivity index (χ1n) is 11.4. The molecule has 0 spiro atoms. The average Bonchev–Trinajstić information content (AvgIpc) is 3.37. The number of fused-ring (bicyclic) bond motifs is 2. The van der Waals surface area contributed by atoms with Crippen molar-refractivity contribution in [3.8, 4) is 5.75 Å². The average molecular weight is 432 g/mol. The molecule has 1 N–H and O–H groups in total. The van der Waals surface area contributed by atoms with Crippen LogP contribution < -0.4 is 10.1 Å². The lowest BCUT2D eigenvalue weighted by molar-refractivity contribution is 0.0938. The highest BCUT2D eigenvalue weighted by molar-refractivity contribution is 6.09. The van der Waals surface area contributed by atoms with Crippen molar-refractivity contribution in [3.63, 3.8) is 0 Å². The van der Waals surface area contributed by atoms with E-state index in [-0.39, 0.29) is 11.9 Å². The Kier molecular flexibility index (Phi) is 5.33. The number of nitrogens with one attached hydrogen (secondary N) is 1. The van der Waals surface area contributed by atoms with Crippen LogP contribution in [0.4, 0.5) is 0 Å². The Morgan fingerprint density at radius 1 is 1.16 bits per heavy atom. The van der Waals surface area contributed by atoms with Crippen LogP contribution >= 0.6 is 0 Å². The Labute approximate surface area is 187 Å². The van der Waals surface area contributed by atoms with E-state index in [1.54, 1.807) is 7.11 Å². The second-order valence-electron chi connectivity index (χ2n) is 8.69. The van der Waals surface area contributed by atoms with Crippen LogP contribution in [-0.4, -0.2) is 32.2 Å². The number of pyridine rings is 1. The van der Waals surface area contributed by atoms with Crippen molar-refractivity contribution in [1.29, 1.82) is 0 Å². The Balaban J connectivity index is 1.54. The lowest BCUT2D eigenvalue weighted by atomic mass is 9.95. The number of benzene rings is 1. The zero-order chi connectivity index (χ0) is 22.2. The maximum atomic E-state index is 13.6. The summed E-state index contributed by atoms with van der Waals surface area (Å²) in [5.41, 5.74) is 3.58. The molecule has 0 saturated heterocycles. The molecule has 4 aromatic rings. The molecule has 1 aliphatic rings. The van der Waals surface area contributed by atoms with Gasteiger partial charge in [-0.2, -0.15) is 0 Å². The SMILES string of the molecule is COc1ccc2c(c1)c(C(=O)NC(C)c1nnc3ccccn13)c(C)n2C1CCCCC1. The molecular formula is C25H29N5O2. The number of hydrogen-bond acceptors (Lipinski definition) is 4. The van der Waals surface area contributed by atoms with Crippen molar-refractivity contribution in [2.24, 2.45) is 0 Å². The first-order chi connectivity index (χ1) is 15.6. The van der Waals surface area contributed by atoms with Crippen LogP contribution in [0.15, 0.2) is 42.6 Å². The normalized spacial score (nSPS) is 15.8. The molecule has 1 aromatic carbocycles. The molecule has 7 heteroatoms. The maximum absolute atomic E-state index is 13.6. The van der Waals surface area contributed by atoms with E-state index in [0.29, 0.717) is 17.4 Å². The number of carbonyl (C=O) groups is 1. The van der Waals surface area contributed by atoms with E-state index in [0.717, 1.165) is 40.8 Å². The van der Waals surface area contributed by atoms with E-state index in [9.17, 15) is 4.79 Å². The number of carbonyl (C=O) groups excluding carboxylic acids is 1. The lowest BCUT2D eigenvalue weighted by Gasteiger charge is -2.26. The van der Waals surface area contributed by atoms with Gasteiger partial charge in [-0.3, -0.25) is 9.20 Å². The maximum Gasteiger partial charge on any atom is 0.254 e. The molecule has 7 nitrogen and oxygen atoms in total. The molecule has 1 fully saturated rings. The van der Waals surface area contributed by atoms with Gasteiger partial charge in [-0.1, -0.05) is 25.3 Å². The first-order valence-corrected chi connectivity index (χ1v) is 11.4. The molecule has 3 aromatic heterocycles. The minimum atomic E-state index is -0.294. The minimum Gasteiger partial charge on any atom is -0.497 e. The van der Waals surface area contributed by atoms with Crippen molar-refractivity contribution in [3.05, 3.63) is 59.7 Å². The molecule has 0 bridgehead atoms. The Morgan fingerprint density at radius 2 is 1.97 bits per heavy atom. The highest BCUT2D eigenvalue weighted by Crippen LogP contribution is 2.37. The van der Waals surface area contributed by atoms with Gasteiger partial charge in [-0.25, -0.2) is 0 Å². The number of rotatable bonds is 5. The van der Waals surface area contributed by atoms with Gasteiger partial charge in [-0.15, -0.1) is 10.2 Å². The fourth-order valence-electron chi connectivity index (χ4n) is 5.13. The number of aromatic nitrogens is 4. The summed E-state index contributed by atoms with van der Waals surface area (Å²) in [6.45, 7) is 4.00. The van der Waals surface area contributed by atoms with Crippen molar-refractivity contribution >= 4 is 22.5 Å². The third-order valence-electron chi connectivity index (χ3n) is 6.70. The molecule has 3 heterocycles. The predicted octanol–water partition coefficient (Wildman–Crippen LogP) is 5.00. The van der Waals surface area contributed by atoms with Gasteiger partial charge < -0.3 is 14.6 Å². The second-order valence-corrected chi connectivity index (χ2v) is 8.69. The van der Waals surface area contributed by atoms with E-state index in [1.165, 1.54) is 19.3 Å². The molecule has 5 rings (SSSR count). The van der Waals surface area contributed by atoms with E-state index in [1.807, 2.05) is 47.9 Å². The predicted molar refractivity (Wildman–Crippen MR) is 124 cm³/mol. The molecular weight excluding hydrogens is 402 g/mol. The standard InChI is InChI=1S/C25H29N5O2/c1-16(24-28-27-22-11-7-8-14-29(22)24)26-25(31)23-17(2)30(18-9-5-4-6-10-18)21-13-12-19(32-3)15-20(21)23/h7-8,11-16,18H,4-6,9-10H2,1-3H3,(H,26,31). The number of ether oxygens (including phenoxy) is 1. The largest absolute Gasteiger partial charge is 0.497 e. The smallest absolute Gasteiger partial charge is 0.254 e. The Hall–Kier alpha value is -3.35. The summed E-state index contributed by atoms with van der Waals surface area (Å²) in [4.78, 5) is 13.6. The van der Waals surface area contributed by atoms with E-state index in [4.69, 9.17) is 4.74 Å². The minimum absolute atomic E-state index is 0.101. The highest BCUT2D eigenvalue weighted by Gasteiger charge is 2.27. The van der Waals surface area contributed by atoms with Crippen molar-refractivity contribution in [2.45, 2.75) is 58.0 Å². The summed E-state index contributed by atoms with van der Waals surface area (Å²) >= 11 is 0. The van der Waals surface area contributed by atoms with E-state index >= 15 is 0 Å². The molecule has 1 saturated carbocycles. The van der Waals surface area contributed by atoms with Gasteiger partial charge in [-0.05, 0) is 57.0 Å². The molecule has 0 aliphatic heterocycles. The Bertz CT molecular complexity index is 1280. The van der Waals surface area contributed by atoms with Gasteiger partial charge >= 0.3 is 0 Å². The summed E-state index contributed by atoms with van der Waals surface area (Å²) in [5, 5.41) is 12.6. The number of hydrogen-bond donors (Lipinski definition) is 1. The summed E-state index contributed by atoms with van der Waals surface area (Å²) in [7, 11) is 1.66. The van der Waals surface area contributed by atoms with Crippen molar-refractivity contribution in [2.75, 3.05) is 7.11 Å². The molecule has 166 valence electrons. The van der Waals surface area contributed by atoms with Crippen LogP contribution in [0.25, 0.3) is 16.6 Å². The summed E-state index contributed by atoms with van der Waals surface area (Å²) in [6, 6.07) is 11.9. The molecule has 32 heavy (non-hydrogen) atoms. The van der Waals surface area contributed by atoms with Gasteiger partial charge in [0.15, 0.2) is 11.5 Å². The van der Waals surface area contributed by atoms with Gasteiger partial charge in [0.25, 0.3) is 5.91 Å². The van der Waals surface area contributed by atoms with E-state index in [2.05, 4.69) is 33.1 Å². The van der Waals surface area contributed by atoms with Gasteiger partial charge in [0.2, 0.25) is 0 Å². The van der Waals surface area contributed by atoms with Crippen molar-refractivity contribution < 1.29 is 9.53 Å². The summed E-state index contributed by atoms with van der Waals surface area (Å²) in [6.07, 6.45) is 7.98. The van der Waals surface area contributed by atoms with Crippen LogP contribution in [0.3, 0.4) is 0 Å². The molecule has 1 aliphatic carbocycles. The number of nitrogens with zero attached hydrogens (tertiary/aromatic N) is 4. The second kappa shape index (κ2) is 8.30. The fourth-order valence-corrected chi connectivity index (χ4v) is 5.13. The molecule has 1 amide bonds. The fraction of sp³-hybridized carbons (Fsp3) is 0.400. The zero-order valence-electron chi connectivity index (χ0n) is 18.8. The number of amides is 1. The zero-order valence-corrected chi connectivity index (χ0v) is 18.8. The summed E-state index contributed by atoms with van der Waals surface area (Å²) < 4.78 is 9.76. The molecule has 1 atom stereocenters. The first kappa shape index (κ1) is 20.5. The lowest BCUT2D eigenvalue weighted by Crippen LogP contribution is -2.28. The molecule has 0 radical (unpaired) electrons. The van der Waals surface area contributed by atoms with Gasteiger partial charge in [0.05, 0.1) is 18.7 Å². The van der Waals surface area contributed by atoms with Crippen LogP contribution in [-0.2, 0) is 0 Å². The van der Waals surface area contributed by atoms with Crippen LogP contribution in [0.2, 0.25) is 0 Å². The van der Waals surface area contributed by atoms with Crippen LogP contribution in [0.5, 0.6) is 5.75 Å². The third-order valence-corrected chi connectivity index (χ3v) is 6.70. The van der Waals surface area contributed by atoms with Crippen molar-refractivity contribution in [1.82, 2.24) is 24.5 Å². The molecule has 1 unspecified atom stereocenters. The summed E-state index contributed by atoms with van der Waals surface area (Å²) in [5.74, 6) is 1.36. The van der Waals surface area contributed by atoms with E-state index < -0.39 is 0 Å². The highest BCUT2D eigenvalue weighted by atomic mass is 16.5. The quantitative estimate of drug-likeness (QED) is 0.483. The van der Waals surface area contributed by atoms with Crippen LogP contribution in [0, 0.1) is 6.92 Å².